The van der Waals surface area contributed by atoms with E-state index in [1.165, 1.54) is 0 Å². The maximum Gasteiger partial charge on any atom is 0.389 e. The predicted octanol–water partition coefficient (Wildman–Crippen LogP) is 3.09. The molecule has 0 saturated heterocycles. The lowest BCUT2D eigenvalue weighted by Gasteiger charge is -2.08. The molecule has 0 amide bonds. The van der Waals surface area contributed by atoms with Crippen molar-refractivity contribution in [3.05, 3.63) is 0 Å². The summed E-state index contributed by atoms with van der Waals surface area (Å²) in [6.07, 6.45) is -12.6. The van der Waals surface area contributed by atoms with Crippen LogP contribution < -0.4 is 0 Å². The lowest BCUT2D eigenvalue weighted by Crippen LogP contribution is -2.17. The fourth-order valence-corrected chi connectivity index (χ4v) is 2.46. The summed E-state index contributed by atoms with van der Waals surface area (Å²) in [4.78, 5) is 0. The topological polar surface area (TPSA) is 34.1 Å². The van der Waals surface area contributed by atoms with Gasteiger partial charge >= 0.3 is 12.4 Å². The first kappa shape index (κ1) is 16.5. The van der Waals surface area contributed by atoms with Gasteiger partial charge in [-0.25, -0.2) is 8.42 Å². The van der Waals surface area contributed by atoms with Crippen molar-refractivity contribution in [2.24, 2.45) is 0 Å². The molecule has 0 aliphatic heterocycles. The molecular weight excluding hydrogens is 274 g/mol. The number of sulfone groups is 1. The van der Waals surface area contributed by atoms with E-state index in [0.29, 0.717) is 0 Å². The summed E-state index contributed by atoms with van der Waals surface area (Å²) in [5.74, 6) is -1.46. The number of alkyl halides is 6. The minimum atomic E-state index is -4.44. The summed E-state index contributed by atoms with van der Waals surface area (Å²) in [5.41, 5.74) is 0. The smallest absolute Gasteiger partial charge is 0.229 e. The van der Waals surface area contributed by atoms with Crippen molar-refractivity contribution in [2.75, 3.05) is 11.5 Å². The van der Waals surface area contributed by atoms with Crippen LogP contribution in [-0.4, -0.2) is 32.3 Å². The van der Waals surface area contributed by atoms with E-state index in [4.69, 9.17) is 0 Å². The zero-order valence-corrected chi connectivity index (χ0v) is 9.55. The summed E-state index contributed by atoms with van der Waals surface area (Å²) in [5, 5.41) is 0. The first-order chi connectivity index (χ1) is 7.41. The molecule has 0 rings (SSSR count). The zero-order valence-electron chi connectivity index (χ0n) is 8.74. The van der Waals surface area contributed by atoms with Gasteiger partial charge in [0.2, 0.25) is 0 Å². The normalized spacial score (nSPS) is 14.0. The lowest BCUT2D eigenvalue weighted by molar-refractivity contribution is -0.135. The predicted molar refractivity (Wildman–Crippen MR) is 49.2 cm³/mol. The highest BCUT2D eigenvalue weighted by Crippen LogP contribution is 2.23. The van der Waals surface area contributed by atoms with E-state index in [1.807, 2.05) is 0 Å². The van der Waals surface area contributed by atoms with Crippen molar-refractivity contribution in [2.45, 2.75) is 38.0 Å². The van der Waals surface area contributed by atoms with Crippen molar-refractivity contribution in [3.8, 4) is 0 Å². The summed E-state index contributed by atoms with van der Waals surface area (Å²) < 4.78 is 92.3. The maximum absolute atomic E-state index is 11.7. The van der Waals surface area contributed by atoms with Crippen LogP contribution in [0.2, 0.25) is 0 Å². The van der Waals surface area contributed by atoms with Crippen LogP contribution in [0.25, 0.3) is 0 Å². The van der Waals surface area contributed by atoms with Gasteiger partial charge in [-0.2, -0.15) is 26.3 Å². The number of halogens is 6. The SMILES string of the molecule is O=S(=O)(CCCC(F)(F)F)CCCC(F)(F)F. The quantitative estimate of drug-likeness (QED) is 0.703. The summed E-state index contributed by atoms with van der Waals surface area (Å²) in [7, 11) is -3.83. The van der Waals surface area contributed by atoms with Crippen LogP contribution in [0.4, 0.5) is 26.3 Å². The van der Waals surface area contributed by atoms with Crippen LogP contribution in [0, 0.1) is 0 Å². The molecule has 0 N–H and O–H groups in total. The summed E-state index contributed by atoms with van der Waals surface area (Å²) in [6.45, 7) is 0. The van der Waals surface area contributed by atoms with Crippen LogP contribution in [-0.2, 0) is 9.84 Å². The minimum absolute atomic E-state index is 0.613. The largest absolute Gasteiger partial charge is 0.389 e. The van der Waals surface area contributed by atoms with Gasteiger partial charge in [0.05, 0.1) is 11.5 Å². The Kier molecular flexibility index (Phi) is 5.76. The molecule has 0 spiro atoms. The van der Waals surface area contributed by atoms with E-state index in [9.17, 15) is 34.8 Å². The van der Waals surface area contributed by atoms with E-state index in [0.717, 1.165) is 0 Å². The van der Waals surface area contributed by atoms with Gasteiger partial charge in [0, 0.05) is 12.8 Å². The number of rotatable bonds is 6. The first-order valence-corrected chi connectivity index (χ1v) is 6.57. The third kappa shape index (κ3) is 11.8. The molecule has 0 saturated carbocycles. The maximum atomic E-state index is 11.7. The highest BCUT2D eigenvalue weighted by Gasteiger charge is 2.29. The Hall–Kier alpha value is -0.470. The van der Waals surface area contributed by atoms with E-state index in [2.05, 4.69) is 0 Å². The third-order valence-corrected chi connectivity index (χ3v) is 3.65. The van der Waals surface area contributed by atoms with Gasteiger partial charge in [-0.15, -0.1) is 0 Å². The van der Waals surface area contributed by atoms with Crippen molar-refractivity contribution in [1.82, 2.24) is 0 Å². The van der Waals surface area contributed by atoms with Gasteiger partial charge in [0.25, 0.3) is 0 Å². The molecule has 0 atom stereocenters. The Bertz CT molecular complexity index is 290. The van der Waals surface area contributed by atoms with Gasteiger partial charge in [-0.05, 0) is 12.8 Å². The zero-order chi connectivity index (χ0) is 13.7. The van der Waals surface area contributed by atoms with Crippen molar-refractivity contribution in [3.63, 3.8) is 0 Å². The molecule has 0 aliphatic rings. The molecule has 17 heavy (non-hydrogen) atoms. The van der Waals surface area contributed by atoms with E-state index < -0.39 is 59.4 Å². The molecule has 0 aromatic rings. The second kappa shape index (κ2) is 5.92. The molecule has 9 heteroatoms. The molecule has 0 heterocycles. The third-order valence-electron chi connectivity index (χ3n) is 1.83. The van der Waals surface area contributed by atoms with Crippen LogP contribution in [0.1, 0.15) is 25.7 Å². The van der Waals surface area contributed by atoms with Gasteiger partial charge < -0.3 is 0 Å². The second-order valence-electron chi connectivity index (χ2n) is 3.59. The lowest BCUT2D eigenvalue weighted by atomic mass is 10.3. The molecule has 0 unspecified atom stereocenters. The standard InChI is InChI=1S/C8H12F6O2S/c9-7(10,11)3-1-5-17(15,16)6-2-4-8(12,13)14/h1-6H2. The Labute approximate surface area is 94.9 Å². The molecule has 2 nitrogen and oxygen atoms in total. The van der Waals surface area contributed by atoms with Gasteiger partial charge in [0.1, 0.15) is 9.84 Å². The van der Waals surface area contributed by atoms with Crippen LogP contribution in [0.15, 0.2) is 0 Å². The van der Waals surface area contributed by atoms with E-state index in [-0.39, 0.29) is 0 Å². The van der Waals surface area contributed by atoms with Crippen LogP contribution >= 0.6 is 0 Å². The van der Waals surface area contributed by atoms with Gasteiger partial charge in [-0.3, -0.25) is 0 Å². The molecule has 104 valence electrons. The Morgan fingerprint density at radius 3 is 1.24 bits per heavy atom. The molecule has 0 bridgehead atoms. The van der Waals surface area contributed by atoms with Gasteiger partial charge in [-0.1, -0.05) is 0 Å². The van der Waals surface area contributed by atoms with Crippen LogP contribution in [0.5, 0.6) is 0 Å². The molecule has 0 aromatic carbocycles. The van der Waals surface area contributed by atoms with Crippen LogP contribution in [0.3, 0.4) is 0 Å². The summed E-state index contributed by atoms with van der Waals surface area (Å²) >= 11 is 0. The van der Waals surface area contributed by atoms with Crippen molar-refractivity contribution in [1.29, 1.82) is 0 Å². The van der Waals surface area contributed by atoms with E-state index in [1.54, 1.807) is 0 Å². The average molecular weight is 286 g/mol. The number of hydrogen-bond acceptors (Lipinski definition) is 2. The molecular formula is C8H12F6O2S. The highest BCUT2D eigenvalue weighted by atomic mass is 32.2. The molecule has 0 aromatic heterocycles. The molecule has 0 fully saturated rings. The fraction of sp³-hybridized carbons (Fsp3) is 1.00. The van der Waals surface area contributed by atoms with Gasteiger partial charge in [0.15, 0.2) is 0 Å². The average Bonchev–Trinajstić information content (AvgIpc) is 1.96. The second-order valence-corrected chi connectivity index (χ2v) is 5.89. The fourth-order valence-electron chi connectivity index (χ4n) is 1.09. The Morgan fingerprint density at radius 2 is 1.00 bits per heavy atom. The van der Waals surface area contributed by atoms with Crippen molar-refractivity contribution < 1.29 is 34.8 Å². The van der Waals surface area contributed by atoms with E-state index >= 15 is 0 Å². The first-order valence-electron chi connectivity index (χ1n) is 4.75. The van der Waals surface area contributed by atoms with Crippen molar-refractivity contribution >= 4 is 9.84 Å². The summed E-state index contributed by atoms with van der Waals surface area (Å²) in [6, 6.07) is 0. The molecule has 0 radical (unpaired) electrons. The molecule has 0 aliphatic carbocycles. The monoisotopic (exact) mass is 286 g/mol. The number of hydrogen-bond donors (Lipinski definition) is 0. The minimum Gasteiger partial charge on any atom is -0.229 e. The Balaban J connectivity index is 3.90. The Morgan fingerprint density at radius 1 is 0.706 bits per heavy atom. The highest BCUT2D eigenvalue weighted by molar-refractivity contribution is 7.91.